The first-order valence-corrected chi connectivity index (χ1v) is 6.32. The molecule has 2 aromatic carbocycles. The molecule has 0 fully saturated rings. The predicted octanol–water partition coefficient (Wildman–Crippen LogP) is 4.49. The van der Waals surface area contributed by atoms with Gasteiger partial charge in [-0.15, -0.1) is 12.4 Å². The lowest BCUT2D eigenvalue weighted by Crippen LogP contribution is -2.18. The Morgan fingerprint density at radius 3 is 1.84 bits per heavy atom. The van der Waals surface area contributed by atoms with E-state index in [1.807, 2.05) is 36.4 Å². The van der Waals surface area contributed by atoms with E-state index >= 15 is 0 Å². The molecule has 2 nitrogen and oxygen atoms in total. The Bertz CT molecular complexity index is 499. The Labute approximate surface area is 128 Å². The summed E-state index contributed by atoms with van der Waals surface area (Å²) in [5, 5.41) is 1.37. The van der Waals surface area contributed by atoms with Crippen LogP contribution in [0.1, 0.15) is 11.7 Å². The SMILES string of the molecule is Cl.NCC(Oc1ccc(Cl)cc1)c1ccc(Cl)cc1. The summed E-state index contributed by atoms with van der Waals surface area (Å²) in [6.07, 6.45) is -0.191. The van der Waals surface area contributed by atoms with Crippen molar-refractivity contribution in [3.05, 3.63) is 64.1 Å². The molecule has 19 heavy (non-hydrogen) atoms. The monoisotopic (exact) mass is 317 g/mol. The van der Waals surface area contributed by atoms with E-state index in [0.717, 1.165) is 11.3 Å². The van der Waals surface area contributed by atoms with Crippen molar-refractivity contribution >= 4 is 35.6 Å². The van der Waals surface area contributed by atoms with Gasteiger partial charge in [0, 0.05) is 16.6 Å². The van der Waals surface area contributed by atoms with Crippen LogP contribution in [0, 0.1) is 0 Å². The topological polar surface area (TPSA) is 35.2 Å². The molecular formula is C14H14Cl3NO. The van der Waals surface area contributed by atoms with E-state index in [1.165, 1.54) is 0 Å². The minimum absolute atomic E-state index is 0. The molecule has 5 heteroatoms. The van der Waals surface area contributed by atoms with E-state index in [2.05, 4.69) is 0 Å². The van der Waals surface area contributed by atoms with Crippen LogP contribution in [0.4, 0.5) is 0 Å². The maximum atomic E-state index is 5.85. The molecule has 0 saturated carbocycles. The van der Waals surface area contributed by atoms with E-state index in [-0.39, 0.29) is 18.5 Å². The number of rotatable bonds is 4. The van der Waals surface area contributed by atoms with Gasteiger partial charge in [0.25, 0.3) is 0 Å². The second-order valence-corrected chi connectivity index (χ2v) is 4.72. The maximum Gasteiger partial charge on any atom is 0.136 e. The highest BCUT2D eigenvalue weighted by Gasteiger charge is 2.11. The largest absolute Gasteiger partial charge is 0.484 e. The molecule has 1 unspecified atom stereocenters. The van der Waals surface area contributed by atoms with E-state index in [4.69, 9.17) is 33.7 Å². The van der Waals surface area contributed by atoms with Crippen LogP contribution in [0.3, 0.4) is 0 Å². The van der Waals surface area contributed by atoms with Crippen LogP contribution in [0.25, 0.3) is 0 Å². The summed E-state index contributed by atoms with van der Waals surface area (Å²) < 4.78 is 5.82. The third kappa shape index (κ3) is 4.59. The fourth-order valence-corrected chi connectivity index (χ4v) is 1.86. The van der Waals surface area contributed by atoms with Gasteiger partial charge in [-0.2, -0.15) is 0 Å². The fraction of sp³-hybridized carbons (Fsp3) is 0.143. The first-order valence-electron chi connectivity index (χ1n) is 5.57. The van der Waals surface area contributed by atoms with Crippen LogP contribution in [-0.4, -0.2) is 6.54 Å². The fourth-order valence-electron chi connectivity index (χ4n) is 1.61. The summed E-state index contributed by atoms with van der Waals surface area (Å²) in [6, 6.07) is 14.7. The molecule has 0 aliphatic rings. The van der Waals surface area contributed by atoms with Crippen LogP contribution >= 0.6 is 35.6 Å². The molecule has 0 amide bonds. The smallest absolute Gasteiger partial charge is 0.136 e. The molecule has 2 N–H and O–H groups in total. The first-order chi connectivity index (χ1) is 8.69. The zero-order chi connectivity index (χ0) is 13.0. The van der Waals surface area contributed by atoms with Gasteiger partial charge in [-0.05, 0) is 42.0 Å². The second kappa shape index (κ2) is 7.61. The average molecular weight is 319 g/mol. The van der Waals surface area contributed by atoms with Crippen molar-refractivity contribution < 1.29 is 4.74 Å². The molecule has 102 valence electrons. The Balaban J connectivity index is 0.00000180. The van der Waals surface area contributed by atoms with Crippen LogP contribution in [0.15, 0.2) is 48.5 Å². The highest BCUT2D eigenvalue weighted by molar-refractivity contribution is 6.30. The van der Waals surface area contributed by atoms with Crippen molar-refractivity contribution in [2.24, 2.45) is 5.73 Å². The van der Waals surface area contributed by atoms with Crippen molar-refractivity contribution in [1.82, 2.24) is 0 Å². The number of ether oxygens (including phenoxy) is 1. The lowest BCUT2D eigenvalue weighted by molar-refractivity contribution is 0.214. The zero-order valence-corrected chi connectivity index (χ0v) is 12.4. The summed E-state index contributed by atoms with van der Waals surface area (Å²) >= 11 is 11.7. The van der Waals surface area contributed by atoms with Crippen molar-refractivity contribution in [2.75, 3.05) is 6.54 Å². The third-order valence-corrected chi connectivity index (χ3v) is 3.05. The van der Waals surface area contributed by atoms with Crippen molar-refractivity contribution in [3.63, 3.8) is 0 Å². The van der Waals surface area contributed by atoms with Crippen LogP contribution in [0.2, 0.25) is 10.0 Å². The molecule has 0 radical (unpaired) electrons. The van der Waals surface area contributed by atoms with Gasteiger partial charge >= 0.3 is 0 Å². The second-order valence-electron chi connectivity index (χ2n) is 3.85. The highest BCUT2D eigenvalue weighted by Crippen LogP contribution is 2.23. The van der Waals surface area contributed by atoms with Gasteiger partial charge < -0.3 is 10.5 Å². The van der Waals surface area contributed by atoms with Crippen molar-refractivity contribution in [2.45, 2.75) is 6.10 Å². The molecule has 0 aromatic heterocycles. The molecule has 0 bridgehead atoms. The molecule has 0 heterocycles. The molecule has 2 aromatic rings. The number of halogens is 3. The zero-order valence-electron chi connectivity index (χ0n) is 10.1. The lowest BCUT2D eigenvalue weighted by Gasteiger charge is -2.18. The van der Waals surface area contributed by atoms with E-state index in [0.29, 0.717) is 16.6 Å². The van der Waals surface area contributed by atoms with Crippen LogP contribution in [-0.2, 0) is 0 Å². The Hall–Kier alpha value is -0.930. The van der Waals surface area contributed by atoms with Gasteiger partial charge in [-0.1, -0.05) is 35.3 Å². The standard InChI is InChI=1S/C14H13Cl2NO.ClH/c15-11-3-1-10(2-4-11)14(9-17)18-13-7-5-12(16)6-8-13;/h1-8,14H,9,17H2;1H. The molecular weight excluding hydrogens is 305 g/mol. The molecule has 0 saturated heterocycles. The maximum absolute atomic E-state index is 5.85. The van der Waals surface area contributed by atoms with Gasteiger partial charge in [0.2, 0.25) is 0 Å². The molecule has 0 aliphatic heterocycles. The molecule has 1 atom stereocenters. The van der Waals surface area contributed by atoms with Crippen molar-refractivity contribution in [3.8, 4) is 5.75 Å². The summed E-state index contributed by atoms with van der Waals surface area (Å²) in [7, 11) is 0. The third-order valence-electron chi connectivity index (χ3n) is 2.55. The Kier molecular flexibility index (Phi) is 6.46. The predicted molar refractivity (Wildman–Crippen MR) is 82.6 cm³/mol. The lowest BCUT2D eigenvalue weighted by atomic mass is 10.1. The molecule has 0 aliphatic carbocycles. The van der Waals surface area contributed by atoms with Gasteiger partial charge in [0.1, 0.15) is 11.9 Å². The van der Waals surface area contributed by atoms with E-state index in [9.17, 15) is 0 Å². The minimum atomic E-state index is -0.191. The number of hydrogen-bond acceptors (Lipinski definition) is 2. The summed E-state index contributed by atoms with van der Waals surface area (Å²) in [6.45, 7) is 0.393. The molecule has 2 rings (SSSR count). The molecule has 0 spiro atoms. The summed E-state index contributed by atoms with van der Waals surface area (Å²) in [5.41, 5.74) is 6.73. The van der Waals surface area contributed by atoms with E-state index < -0.39 is 0 Å². The quantitative estimate of drug-likeness (QED) is 0.901. The average Bonchev–Trinajstić information content (AvgIpc) is 2.39. The Morgan fingerprint density at radius 1 is 0.895 bits per heavy atom. The van der Waals surface area contributed by atoms with Crippen LogP contribution < -0.4 is 10.5 Å². The van der Waals surface area contributed by atoms with Crippen LogP contribution in [0.5, 0.6) is 5.75 Å². The first kappa shape index (κ1) is 16.1. The Morgan fingerprint density at radius 2 is 1.37 bits per heavy atom. The normalized spacial score (nSPS) is 11.5. The van der Waals surface area contributed by atoms with Gasteiger partial charge in [0.05, 0.1) is 0 Å². The van der Waals surface area contributed by atoms with Crippen molar-refractivity contribution in [1.29, 1.82) is 0 Å². The summed E-state index contributed by atoms with van der Waals surface area (Å²) in [4.78, 5) is 0. The van der Waals surface area contributed by atoms with Gasteiger partial charge in [-0.3, -0.25) is 0 Å². The summed E-state index contributed by atoms with van der Waals surface area (Å²) in [5.74, 6) is 0.741. The highest BCUT2D eigenvalue weighted by atomic mass is 35.5. The number of benzene rings is 2. The van der Waals surface area contributed by atoms with E-state index in [1.54, 1.807) is 12.1 Å². The van der Waals surface area contributed by atoms with Gasteiger partial charge in [0.15, 0.2) is 0 Å². The number of hydrogen-bond donors (Lipinski definition) is 1. The number of nitrogens with two attached hydrogens (primary N) is 1. The van der Waals surface area contributed by atoms with Gasteiger partial charge in [-0.25, -0.2) is 0 Å². The minimum Gasteiger partial charge on any atom is -0.484 e.